The quantitative estimate of drug-likeness (QED) is 0.703. The molecule has 0 bridgehead atoms. The third-order valence-electron chi connectivity index (χ3n) is 2.95. The third-order valence-corrected chi connectivity index (χ3v) is 3.90. The van der Waals surface area contributed by atoms with Crippen molar-refractivity contribution in [3.05, 3.63) is 18.2 Å². The van der Waals surface area contributed by atoms with Crippen molar-refractivity contribution < 1.29 is 8.42 Å². The normalized spacial score (nSPS) is 17.6. The Kier molecular flexibility index (Phi) is 3.74. The van der Waals surface area contributed by atoms with Crippen LogP contribution in [0, 0.1) is 0 Å². The second-order valence-corrected chi connectivity index (χ2v) is 5.99. The number of nitrogens with one attached hydrogen (secondary N) is 1. The van der Waals surface area contributed by atoms with Crippen molar-refractivity contribution in [1.82, 2.24) is 5.01 Å². The zero-order valence-corrected chi connectivity index (χ0v) is 10.9. The molecule has 0 aliphatic carbocycles. The number of nitrogen functional groups attached to an aromatic ring is 1. The Labute approximate surface area is 107 Å². The van der Waals surface area contributed by atoms with Crippen LogP contribution >= 0.6 is 0 Å². The van der Waals surface area contributed by atoms with E-state index in [1.54, 1.807) is 12.1 Å². The van der Waals surface area contributed by atoms with Crippen LogP contribution in [0.15, 0.2) is 23.1 Å². The zero-order chi connectivity index (χ0) is 13.2. The third kappa shape index (κ3) is 3.12. The van der Waals surface area contributed by atoms with Crippen LogP contribution in [0.2, 0.25) is 0 Å². The van der Waals surface area contributed by atoms with E-state index in [4.69, 9.17) is 10.9 Å². The van der Waals surface area contributed by atoms with Crippen LogP contribution in [0.25, 0.3) is 0 Å². The largest absolute Gasteiger partial charge is 0.399 e. The molecule has 7 heteroatoms. The van der Waals surface area contributed by atoms with E-state index in [9.17, 15) is 8.42 Å². The molecule has 100 valence electrons. The number of nitrogens with two attached hydrogens (primary N) is 2. The van der Waals surface area contributed by atoms with E-state index in [2.05, 4.69) is 5.43 Å². The Hall–Kier alpha value is -1.31. The summed E-state index contributed by atoms with van der Waals surface area (Å²) in [6, 6.07) is 4.67. The van der Waals surface area contributed by atoms with Gasteiger partial charge < -0.3 is 11.2 Å². The van der Waals surface area contributed by atoms with Gasteiger partial charge in [-0.15, -0.1) is 0 Å². The van der Waals surface area contributed by atoms with Crippen molar-refractivity contribution in [3.63, 3.8) is 0 Å². The molecule has 5 N–H and O–H groups in total. The molecular formula is C11H18N4O2S. The summed E-state index contributed by atoms with van der Waals surface area (Å²) in [5, 5.41) is 7.19. The summed E-state index contributed by atoms with van der Waals surface area (Å²) in [6.45, 7) is 1.79. The maximum Gasteiger partial charge on any atom is 0.240 e. The number of hydrazine groups is 1. The molecular weight excluding hydrogens is 252 g/mol. The lowest BCUT2D eigenvalue weighted by Crippen LogP contribution is -2.35. The molecule has 0 aromatic heterocycles. The van der Waals surface area contributed by atoms with Crippen LogP contribution in [0.4, 0.5) is 11.4 Å². The number of nitrogens with zero attached hydrogens (tertiary/aromatic N) is 1. The standard InChI is InChI=1S/C11H18N4O2S/c12-9-4-5-10(11(8-9)18(13,16)17)14-15-6-2-1-3-7-15/h4-5,8,14H,1-3,6-7,12H2,(H2,13,16,17). The lowest BCUT2D eigenvalue weighted by molar-refractivity contribution is 0.272. The number of rotatable bonds is 3. The second kappa shape index (κ2) is 5.13. The first kappa shape index (κ1) is 13.1. The average Bonchev–Trinajstić information content (AvgIpc) is 2.31. The van der Waals surface area contributed by atoms with Crippen molar-refractivity contribution in [3.8, 4) is 0 Å². The molecule has 1 aliphatic heterocycles. The van der Waals surface area contributed by atoms with Crippen LogP contribution in [0.3, 0.4) is 0 Å². The lowest BCUT2D eigenvalue weighted by Gasteiger charge is -2.28. The molecule has 1 saturated heterocycles. The fraction of sp³-hybridized carbons (Fsp3) is 0.455. The van der Waals surface area contributed by atoms with Gasteiger partial charge in [-0.25, -0.2) is 18.6 Å². The summed E-state index contributed by atoms with van der Waals surface area (Å²) in [4.78, 5) is 0.0353. The predicted molar refractivity (Wildman–Crippen MR) is 71.3 cm³/mol. The smallest absolute Gasteiger partial charge is 0.240 e. The highest BCUT2D eigenvalue weighted by atomic mass is 32.2. The summed E-state index contributed by atoms with van der Waals surface area (Å²) in [5.74, 6) is 0. The minimum absolute atomic E-state index is 0.0353. The van der Waals surface area contributed by atoms with E-state index >= 15 is 0 Å². The Bertz CT molecular complexity index is 524. The van der Waals surface area contributed by atoms with Crippen LogP contribution in [-0.2, 0) is 10.0 Å². The molecule has 0 atom stereocenters. The lowest BCUT2D eigenvalue weighted by atomic mass is 10.2. The van der Waals surface area contributed by atoms with E-state index in [1.807, 2.05) is 5.01 Å². The van der Waals surface area contributed by atoms with Gasteiger partial charge in [-0.2, -0.15) is 0 Å². The average molecular weight is 270 g/mol. The van der Waals surface area contributed by atoms with Gasteiger partial charge in [0.2, 0.25) is 10.0 Å². The first-order valence-electron chi connectivity index (χ1n) is 5.91. The van der Waals surface area contributed by atoms with Gasteiger partial charge in [0.25, 0.3) is 0 Å². The highest BCUT2D eigenvalue weighted by molar-refractivity contribution is 7.89. The van der Waals surface area contributed by atoms with Gasteiger partial charge in [-0.05, 0) is 31.0 Å². The van der Waals surface area contributed by atoms with Crippen molar-refractivity contribution in [2.45, 2.75) is 24.2 Å². The van der Waals surface area contributed by atoms with Crippen LogP contribution < -0.4 is 16.3 Å². The first-order chi connectivity index (χ1) is 8.47. The summed E-state index contributed by atoms with van der Waals surface area (Å²) in [5.41, 5.74) is 9.56. The Morgan fingerprint density at radius 1 is 1.17 bits per heavy atom. The zero-order valence-electron chi connectivity index (χ0n) is 10.1. The number of benzene rings is 1. The minimum Gasteiger partial charge on any atom is -0.399 e. The van der Waals surface area contributed by atoms with Gasteiger partial charge in [0.15, 0.2) is 0 Å². The van der Waals surface area contributed by atoms with Crippen LogP contribution in [0.5, 0.6) is 0 Å². The van der Waals surface area contributed by atoms with Gasteiger partial charge >= 0.3 is 0 Å². The van der Waals surface area contributed by atoms with Gasteiger partial charge in [0.1, 0.15) is 4.90 Å². The van der Waals surface area contributed by atoms with E-state index in [1.165, 1.54) is 12.5 Å². The van der Waals surface area contributed by atoms with E-state index in [0.29, 0.717) is 11.4 Å². The molecule has 0 saturated carbocycles. The molecule has 1 fully saturated rings. The van der Waals surface area contributed by atoms with E-state index in [-0.39, 0.29) is 4.90 Å². The molecule has 0 radical (unpaired) electrons. The highest BCUT2D eigenvalue weighted by Gasteiger charge is 2.17. The summed E-state index contributed by atoms with van der Waals surface area (Å²) in [6.07, 6.45) is 3.42. The maximum absolute atomic E-state index is 11.5. The number of sulfonamides is 1. The van der Waals surface area contributed by atoms with E-state index < -0.39 is 10.0 Å². The van der Waals surface area contributed by atoms with Crippen molar-refractivity contribution in [1.29, 1.82) is 0 Å². The molecule has 1 aliphatic rings. The Balaban J connectivity index is 2.26. The van der Waals surface area contributed by atoms with E-state index in [0.717, 1.165) is 25.9 Å². The minimum atomic E-state index is -3.78. The summed E-state index contributed by atoms with van der Waals surface area (Å²) < 4.78 is 23.0. The molecule has 1 aromatic carbocycles. The summed E-state index contributed by atoms with van der Waals surface area (Å²) in [7, 11) is -3.78. The monoisotopic (exact) mass is 270 g/mol. The van der Waals surface area contributed by atoms with Gasteiger partial charge in [0, 0.05) is 18.8 Å². The number of hydrogen-bond donors (Lipinski definition) is 3. The number of primary sulfonamides is 1. The number of anilines is 2. The maximum atomic E-state index is 11.5. The molecule has 18 heavy (non-hydrogen) atoms. The highest BCUT2D eigenvalue weighted by Crippen LogP contribution is 2.24. The second-order valence-electron chi connectivity index (χ2n) is 4.46. The molecule has 1 heterocycles. The molecule has 6 nitrogen and oxygen atoms in total. The van der Waals surface area contributed by atoms with Crippen molar-refractivity contribution >= 4 is 21.4 Å². The number of piperidine rings is 1. The van der Waals surface area contributed by atoms with Gasteiger partial charge in [-0.1, -0.05) is 6.42 Å². The van der Waals surface area contributed by atoms with Crippen LogP contribution in [0.1, 0.15) is 19.3 Å². The Morgan fingerprint density at radius 3 is 2.44 bits per heavy atom. The van der Waals surface area contributed by atoms with Gasteiger partial charge in [0.05, 0.1) is 5.69 Å². The Morgan fingerprint density at radius 2 is 1.83 bits per heavy atom. The molecule has 0 amide bonds. The molecule has 1 aromatic rings. The molecule has 0 spiro atoms. The SMILES string of the molecule is Nc1ccc(NN2CCCCC2)c(S(N)(=O)=O)c1. The predicted octanol–water partition coefficient (Wildman–Crippen LogP) is 0.729. The summed E-state index contributed by atoms with van der Waals surface area (Å²) >= 11 is 0. The fourth-order valence-corrected chi connectivity index (χ4v) is 2.76. The van der Waals surface area contributed by atoms with Gasteiger partial charge in [-0.3, -0.25) is 0 Å². The van der Waals surface area contributed by atoms with Crippen molar-refractivity contribution in [2.24, 2.45) is 5.14 Å². The molecule has 0 unspecified atom stereocenters. The topological polar surface area (TPSA) is 101 Å². The van der Waals surface area contributed by atoms with Crippen LogP contribution in [-0.4, -0.2) is 26.5 Å². The fourth-order valence-electron chi connectivity index (χ4n) is 2.04. The number of hydrogen-bond acceptors (Lipinski definition) is 5. The van der Waals surface area contributed by atoms with Crippen molar-refractivity contribution in [2.75, 3.05) is 24.2 Å². The molecule has 2 rings (SSSR count). The first-order valence-corrected chi connectivity index (χ1v) is 7.45.